The molecule has 3 aromatic rings. The lowest BCUT2D eigenvalue weighted by Gasteiger charge is -2.08. The fourth-order valence-electron chi connectivity index (χ4n) is 2.11. The van der Waals surface area contributed by atoms with Crippen molar-refractivity contribution in [2.45, 2.75) is 6.42 Å². The van der Waals surface area contributed by atoms with E-state index in [1.807, 2.05) is 6.07 Å². The predicted molar refractivity (Wildman–Crippen MR) is 86.0 cm³/mol. The van der Waals surface area contributed by atoms with Crippen molar-refractivity contribution in [3.8, 4) is 5.69 Å². The smallest absolute Gasteiger partial charge is 0.115 e. The number of aromatic nitrogens is 3. The SMILES string of the molecule is ClCCc1nc2cnccc2n1-c1ccc(I)cc1. The highest BCUT2D eigenvalue weighted by atomic mass is 127. The summed E-state index contributed by atoms with van der Waals surface area (Å²) >= 11 is 8.18. The van der Waals surface area contributed by atoms with Crippen LogP contribution in [0.5, 0.6) is 0 Å². The lowest BCUT2D eigenvalue weighted by atomic mass is 10.3. The van der Waals surface area contributed by atoms with Crippen LogP contribution in [-0.2, 0) is 6.42 Å². The van der Waals surface area contributed by atoms with E-state index in [2.05, 4.69) is 61.4 Å². The minimum atomic E-state index is 0.557. The van der Waals surface area contributed by atoms with E-state index >= 15 is 0 Å². The molecule has 0 radical (unpaired) electrons. The molecule has 0 saturated carbocycles. The summed E-state index contributed by atoms with van der Waals surface area (Å²) in [5, 5.41) is 0. The van der Waals surface area contributed by atoms with E-state index in [1.54, 1.807) is 12.4 Å². The van der Waals surface area contributed by atoms with Crippen molar-refractivity contribution in [3.05, 3.63) is 52.1 Å². The van der Waals surface area contributed by atoms with Crippen LogP contribution in [0.4, 0.5) is 0 Å². The summed E-state index contributed by atoms with van der Waals surface area (Å²) in [6.07, 6.45) is 4.32. The van der Waals surface area contributed by atoms with Crippen LogP contribution in [0.15, 0.2) is 42.7 Å². The van der Waals surface area contributed by atoms with Crippen molar-refractivity contribution < 1.29 is 0 Å². The number of hydrogen-bond acceptors (Lipinski definition) is 2. The Morgan fingerprint density at radius 1 is 1.16 bits per heavy atom. The van der Waals surface area contributed by atoms with Crippen LogP contribution in [0.3, 0.4) is 0 Å². The predicted octanol–water partition coefficient (Wildman–Crippen LogP) is 3.81. The fraction of sp³-hybridized carbons (Fsp3) is 0.143. The van der Waals surface area contributed by atoms with Crippen LogP contribution in [0.25, 0.3) is 16.7 Å². The zero-order valence-electron chi connectivity index (χ0n) is 10.1. The molecular formula is C14H11ClIN3. The quantitative estimate of drug-likeness (QED) is 0.509. The number of benzene rings is 1. The van der Waals surface area contributed by atoms with Gasteiger partial charge in [-0.15, -0.1) is 11.6 Å². The van der Waals surface area contributed by atoms with Gasteiger partial charge in [-0.3, -0.25) is 9.55 Å². The van der Waals surface area contributed by atoms with Gasteiger partial charge in [0.2, 0.25) is 0 Å². The van der Waals surface area contributed by atoms with E-state index in [-0.39, 0.29) is 0 Å². The van der Waals surface area contributed by atoms with Gasteiger partial charge >= 0.3 is 0 Å². The van der Waals surface area contributed by atoms with Gasteiger partial charge < -0.3 is 0 Å². The lowest BCUT2D eigenvalue weighted by molar-refractivity contribution is 0.912. The molecule has 0 N–H and O–H groups in total. The number of pyridine rings is 1. The Kier molecular flexibility index (Phi) is 3.70. The van der Waals surface area contributed by atoms with Gasteiger partial charge in [0.1, 0.15) is 11.3 Å². The van der Waals surface area contributed by atoms with Crippen LogP contribution in [-0.4, -0.2) is 20.4 Å². The molecule has 0 aliphatic carbocycles. The van der Waals surface area contributed by atoms with Crippen LogP contribution >= 0.6 is 34.2 Å². The van der Waals surface area contributed by atoms with Gasteiger partial charge in [0.05, 0.1) is 11.7 Å². The third-order valence-electron chi connectivity index (χ3n) is 2.93. The molecular weight excluding hydrogens is 373 g/mol. The topological polar surface area (TPSA) is 30.7 Å². The van der Waals surface area contributed by atoms with Gasteiger partial charge in [0.15, 0.2) is 0 Å². The summed E-state index contributed by atoms with van der Waals surface area (Å²) in [5.74, 6) is 1.53. The first-order valence-corrected chi connectivity index (χ1v) is 7.54. The highest BCUT2D eigenvalue weighted by Gasteiger charge is 2.11. The Hall–Kier alpha value is -1.14. The second-order valence-corrected chi connectivity index (χ2v) is 5.77. The molecule has 0 spiro atoms. The monoisotopic (exact) mass is 383 g/mol. The molecule has 1 aromatic carbocycles. The molecule has 0 fully saturated rings. The molecule has 2 heterocycles. The van der Waals surface area contributed by atoms with Gasteiger partial charge in [-0.2, -0.15) is 0 Å². The molecule has 3 nitrogen and oxygen atoms in total. The van der Waals surface area contributed by atoms with Crippen LogP contribution in [0.1, 0.15) is 5.82 Å². The fourth-order valence-corrected chi connectivity index (χ4v) is 2.64. The molecule has 2 aromatic heterocycles. The first-order chi connectivity index (χ1) is 9.29. The Morgan fingerprint density at radius 3 is 2.68 bits per heavy atom. The lowest BCUT2D eigenvalue weighted by Crippen LogP contribution is -2.02. The van der Waals surface area contributed by atoms with Gasteiger partial charge in [-0.25, -0.2) is 4.98 Å². The molecule has 0 aliphatic heterocycles. The zero-order valence-corrected chi connectivity index (χ0v) is 13.0. The molecule has 0 bridgehead atoms. The van der Waals surface area contributed by atoms with Crippen molar-refractivity contribution in [2.24, 2.45) is 0 Å². The Balaban J connectivity index is 2.24. The first-order valence-electron chi connectivity index (χ1n) is 5.93. The van der Waals surface area contributed by atoms with Crippen LogP contribution in [0.2, 0.25) is 0 Å². The number of alkyl halides is 1. The van der Waals surface area contributed by atoms with Crippen LogP contribution in [0, 0.1) is 3.57 Å². The zero-order chi connectivity index (χ0) is 13.2. The number of fused-ring (bicyclic) bond motifs is 1. The number of nitrogens with zero attached hydrogens (tertiary/aromatic N) is 3. The second-order valence-electron chi connectivity index (χ2n) is 4.14. The molecule has 19 heavy (non-hydrogen) atoms. The normalized spacial score (nSPS) is 11.1. The van der Waals surface area contributed by atoms with E-state index in [0.29, 0.717) is 5.88 Å². The van der Waals surface area contributed by atoms with Gasteiger partial charge in [0.25, 0.3) is 0 Å². The Labute approximate surface area is 129 Å². The molecule has 0 aliphatic rings. The number of halogens is 2. The van der Waals surface area contributed by atoms with Crippen LogP contribution < -0.4 is 0 Å². The summed E-state index contributed by atoms with van der Waals surface area (Å²) in [6, 6.07) is 10.4. The Bertz CT molecular complexity index is 706. The van der Waals surface area contributed by atoms with E-state index in [0.717, 1.165) is 29.0 Å². The van der Waals surface area contributed by atoms with Crippen molar-refractivity contribution in [2.75, 3.05) is 5.88 Å². The van der Waals surface area contributed by atoms with E-state index < -0.39 is 0 Å². The van der Waals surface area contributed by atoms with Crippen molar-refractivity contribution >= 4 is 45.2 Å². The van der Waals surface area contributed by atoms with E-state index in [9.17, 15) is 0 Å². The maximum Gasteiger partial charge on any atom is 0.115 e. The summed E-state index contributed by atoms with van der Waals surface area (Å²) in [4.78, 5) is 8.74. The second kappa shape index (κ2) is 5.46. The van der Waals surface area contributed by atoms with Gasteiger partial charge in [-0.05, 0) is 52.9 Å². The molecule has 0 amide bonds. The number of hydrogen-bond donors (Lipinski definition) is 0. The maximum atomic E-state index is 5.88. The average Bonchev–Trinajstić information content (AvgIpc) is 2.78. The Morgan fingerprint density at radius 2 is 1.95 bits per heavy atom. The third-order valence-corrected chi connectivity index (χ3v) is 3.84. The molecule has 96 valence electrons. The largest absolute Gasteiger partial charge is 0.296 e. The maximum absolute atomic E-state index is 5.88. The molecule has 0 unspecified atom stereocenters. The number of aryl methyl sites for hydroxylation is 1. The number of imidazole rings is 1. The van der Waals surface area contributed by atoms with Crippen molar-refractivity contribution in [3.63, 3.8) is 0 Å². The van der Waals surface area contributed by atoms with E-state index in [1.165, 1.54) is 3.57 Å². The first kappa shape index (κ1) is 12.9. The van der Waals surface area contributed by atoms with Gasteiger partial charge in [-0.1, -0.05) is 0 Å². The molecule has 0 atom stereocenters. The summed E-state index contributed by atoms with van der Waals surface area (Å²) < 4.78 is 3.36. The molecule has 3 rings (SSSR count). The highest BCUT2D eigenvalue weighted by molar-refractivity contribution is 14.1. The summed E-state index contributed by atoms with van der Waals surface area (Å²) in [6.45, 7) is 0. The highest BCUT2D eigenvalue weighted by Crippen LogP contribution is 2.22. The minimum Gasteiger partial charge on any atom is -0.296 e. The van der Waals surface area contributed by atoms with Crippen molar-refractivity contribution in [1.82, 2.24) is 14.5 Å². The summed E-state index contributed by atoms with van der Waals surface area (Å²) in [5.41, 5.74) is 3.08. The summed E-state index contributed by atoms with van der Waals surface area (Å²) in [7, 11) is 0. The standard InChI is InChI=1S/C14H11ClIN3/c15-7-5-14-18-12-9-17-8-6-13(12)19(14)11-3-1-10(16)2-4-11/h1-4,6,8-9H,5,7H2. The molecule has 0 saturated heterocycles. The average molecular weight is 384 g/mol. The van der Waals surface area contributed by atoms with Gasteiger partial charge in [0, 0.05) is 27.8 Å². The van der Waals surface area contributed by atoms with Crippen molar-refractivity contribution in [1.29, 1.82) is 0 Å². The minimum absolute atomic E-state index is 0.557. The van der Waals surface area contributed by atoms with E-state index in [4.69, 9.17) is 11.6 Å². The third kappa shape index (κ3) is 2.47. The molecule has 5 heteroatoms. The number of rotatable bonds is 3.